The molecule has 0 heterocycles. The van der Waals surface area contributed by atoms with E-state index in [0.29, 0.717) is 0 Å². The van der Waals surface area contributed by atoms with Crippen LogP contribution in [0.25, 0.3) is 0 Å². The first kappa shape index (κ1) is 10.9. The van der Waals surface area contributed by atoms with Gasteiger partial charge < -0.3 is 4.90 Å². The van der Waals surface area contributed by atoms with Crippen LogP contribution in [0.1, 0.15) is 6.92 Å². The van der Waals surface area contributed by atoms with Crippen LogP contribution in [0.15, 0.2) is 29.2 Å². The summed E-state index contributed by atoms with van der Waals surface area (Å²) in [6.45, 7) is 1.89. The minimum atomic E-state index is -0.0878. The van der Waals surface area contributed by atoms with E-state index in [-0.39, 0.29) is 6.04 Å². The number of rotatable bonds is 3. The van der Waals surface area contributed by atoms with Crippen LogP contribution in [-0.4, -0.2) is 19.3 Å². The predicted octanol–water partition coefficient (Wildman–Crippen LogP) is 2.76. The maximum atomic E-state index is 8.77. The lowest BCUT2D eigenvalue weighted by Crippen LogP contribution is -2.26. The molecule has 2 nitrogen and oxygen atoms in total. The number of hydrogen-bond donors (Lipinski definition) is 0. The first-order valence-electron chi connectivity index (χ1n) is 4.45. The Kier molecular flexibility index (Phi) is 3.84. The van der Waals surface area contributed by atoms with E-state index in [4.69, 9.17) is 5.26 Å². The molecule has 0 aliphatic heterocycles. The van der Waals surface area contributed by atoms with Crippen LogP contribution in [0, 0.1) is 11.3 Å². The van der Waals surface area contributed by atoms with Gasteiger partial charge in [-0.3, -0.25) is 0 Å². The van der Waals surface area contributed by atoms with Gasteiger partial charge in [-0.15, -0.1) is 11.8 Å². The number of hydrogen-bond acceptors (Lipinski definition) is 3. The Balaban J connectivity index is 2.82. The van der Waals surface area contributed by atoms with Crippen LogP contribution in [0.2, 0.25) is 0 Å². The molecule has 0 spiro atoms. The highest BCUT2D eigenvalue weighted by Crippen LogP contribution is 2.20. The first-order valence-corrected chi connectivity index (χ1v) is 5.68. The smallest absolute Gasteiger partial charge is 0.113 e. The summed E-state index contributed by atoms with van der Waals surface area (Å²) in [5, 5.41) is 8.77. The summed E-state index contributed by atoms with van der Waals surface area (Å²) in [5.74, 6) is 0. The molecule has 1 unspecified atom stereocenters. The van der Waals surface area contributed by atoms with E-state index in [2.05, 4.69) is 24.5 Å². The topological polar surface area (TPSA) is 27.0 Å². The van der Waals surface area contributed by atoms with Crippen molar-refractivity contribution in [2.45, 2.75) is 17.9 Å². The lowest BCUT2D eigenvalue weighted by Gasteiger charge is -2.21. The second kappa shape index (κ2) is 4.92. The van der Waals surface area contributed by atoms with Gasteiger partial charge in [-0.25, -0.2) is 0 Å². The minimum Gasteiger partial charge on any atom is -0.359 e. The molecule has 1 aromatic rings. The van der Waals surface area contributed by atoms with Crippen LogP contribution in [0.3, 0.4) is 0 Å². The number of anilines is 1. The van der Waals surface area contributed by atoms with E-state index in [1.165, 1.54) is 4.90 Å². The standard InChI is InChI=1S/C11H14N2S/c1-9(8-12)13(2)10-4-6-11(14-3)7-5-10/h4-7,9H,1-3H3. The highest BCUT2D eigenvalue weighted by molar-refractivity contribution is 7.98. The van der Waals surface area contributed by atoms with Crippen molar-refractivity contribution >= 4 is 17.4 Å². The summed E-state index contributed by atoms with van der Waals surface area (Å²) in [5.41, 5.74) is 1.08. The second-order valence-electron chi connectivity index (χ2n) is 3.11. The Morgan fingerprint density at radius 3 is 2.36 bits per heavy atom. The first-order chi connectivity index (χ1) is 6.69. The van der Waals surface area contributed by atoms with Crippen LogP contribution >= 0.6 is 11.8 Å². The number of thioether (sulfide) groups is 1. The van der Waals surface area contributed by atoms with Gasteiger partial charge in [0.1, 0.15) is 6.04 Å². The zero-order valence-corrected chi connectivity index (χ0v) is 9.51. The van der Waals surface area contributed by atoms with Gasteiger partial charge in [-0.2, -0.15) is 5.26 Å². The summed E-state index contributed by atoms with van der Waals surface area (Å²) < 4.78 is 0. The highest BCUT2D eigenvalue weighted by Gasteiger charge is 2.07. The molecule has 0 saturated carbocycles. The number of nitriles is 1. The molecule has 74 valence electrons. The van der Waals surface area contributed by atoms with Gasteiger partial charge in [-0.1, -0.05) is 0 Å². The largest absolute Gasteiger partial charge is 0.359 e. The van der Waals surface area contributed by atoms with Crippen LogP contribution in [0.5, 0.6) is 0 Å². The van der Waals surface area contributed by atoms with Gasteiger partial charge >= 0.3 is 0 Å². The van der Waals surface area contributed by atoms with E-state index < -0.39 is 0 Å². The molecule has 3 heteroatoms. The number of nitrogens with zero attached hydrogens (tertiary/aromatic N) is 2. The Hall–Kier alpha value is -1.14. The van der Waals surface area contributed by atoms with Crippen molar-refractivity contribution in [2.75, 3.05) is 18.2 Å². The van der Waals surface area contributed by atoms with Crippen molar-refractivity contribution in [1.29, 1.82) is 5.26 Å². The molecule has 14 heavy (non-hydrogen) atoms. The molecular weight excluding hydrogens is 192 g/mol. The fraction of sp³-hybridized carbons (Fsp3) is 0.364. The number of benzene rings is 1. The van der Waals surface area contributed by atoms with Crippen molar-refractivity contribution in [2.24, 2.45) is 0 Å². The van der Waals surface area contributed by atoms with Crippen LogP contribution < -0.4 is 4.90 Å². The molecule has 1 aromatic carbocycles. The van der Waals surface area contributed by atoms with E-state index in [1.54, 1.807) is 11.8 Å². The van der Waals surface area contributed by atoms with Crippen LogP contribution in [-0.2, 0) is 0 Å². The molecular formula is C11H14N2S. The van der Waals surface area contributed by atoms with Crippen molar-refractivity contribution in [3.05, 3.63) is 24.3 Å². The minimum absolute atomic E-state index is 0.0878. The molecule has 0 radical (unpaired) electrons. The van der Waals surface area contributed by atoms with Gasteiger partial charge in [-0.05, 0) is 37.4 Å². The molecule has 0 bridgehead atoms. The van der Waals surface area contributed by atoms with Gasteiger partial charge in [0.05, 0.1) is 6.07 Å². The zero-order valence-electron chi connectivity index (χ0n) is 8.69. The van der Waals surface area contributed by atoms with E-state index in [9.17, 15) is 0 Å². The third-order valence-electron chi connectivity index (χ3n) is 2.25. The molecule has 0 amide bonds. The average Bonchev–Trinajstić information content (AvgIpc) is 2.27. The molecule has 0 aromatic heterocycles. The quantitative estimate of drug-likeness (QED) is 0.711. The normalized spacial score (nSPS) is 11.9. The second-order valence-corrected chi connectivity index (χ2v) is 3.99. The van der Waals surface area contributed by atoms with Crippen LogP contribution in [0.4, 0.5) is 5.69 Å². The van der Waals surface area contributed by atoms with Crippen molar-refractivity contribution < 1.29 is 0 Å². The molecule has 1 rings (SSSR count). The SMILES string of the molecule is CSc1ccc(N(C)C(C)C#N)cc1. The van der Waals surface area contributed by atoms with Gasteiger partial charge in [0, 0.05) is 17.6 Å². The Bertz CT molecular complexity index is 326. The van der Waals surface area contributed by atoms with E-state index in [1.807, 2.05) is 31.0 Å². The molecule has 0 saturated heterocycles. The van der Waals surface area contributed by atoms with E-state index >= 15 is 0 Å². The Labute approximate surface area is 89.5 Å². The maximum Gasteiger partial charge on any atom is 0.113 e. The Morgan fingerprint density at radius 1 is 1.36 bits per heavy atom. The zero-order chi connectivity index (χ0) is 10.6. The Morgan fingerprint density at radius 2 is 1.93 bits per heavy atom. The fourth-order valence-corrected chi connectivity index (χ4v) is 1.54. The lowest BCUT2D eigenvalue weighted by molar-refractivity contribution is 0.835. The molecule has 0 aliphatic carbocycles. The molecule has 0 fully saturated rings. The average molecular weight is 206 g/mol. The molecule has 0 aliphatic rings. The van der Waals surface area contributed by atoms with Gasteiger partial charge in [0.2, 0.25) is 0 Å². The fourth-order valence-electron chi connectivity index (χ4n) is 1.13. The highest BCUT2D eigenvalue weighted by atomic mass is 32.2. The molecule has 0 N–H and O–H groups in total. The predicted molar refractivity (Wildman–Crippen MR) is 61.7 cm³/mol. The van der Waals surface area contributed by atoms with E-state index in [0.717, 1.165) is 5.69 Å². The van der Waals surface area contributed by atoms with Crippen molar-refractivity contribution in [3.63, 3.8) is 0 Å². The summed E-state index contributed by atoms with van der Waals surface area (Å²) >= 11 is 1.72. The lowest BCUT2D eigenvalue weighted by atomic mass is 10.2. The van der Waals surface area contributed by atoms with Crippen molar-refractivity contribution in [1.82, 2.24) is 0 Å². The van der Waals surface area contributed by atoms with Gasteiger partial charge in [0.25, 0.3) is 0 Å². The third-order valence-corrected chi connectivity index (χ3v) is 2.99. The maximum absolute atomic E-state index is 8.77. The van der Waals surface area contributed by atoms with Crippen molar-refractivity contribution in [3.8, 4) is 6.07 Å². The summed E-state index contributed by atoms with van der Waals surface area (Å²) in [7, 11) is 1.93. The monoisotopic (exact) mass is 206 g/mol. The van der Waals surface area contributed by atoms with Gasteiger partial charge in [0.15, 0.2) is 0 Å². The summed E-state index contributed by atoms with van der Waals surface area (Å²) in [6, 6.07) is 10.3. The summed E-state index contributed by atoms with van der Waals surface area (Å²) in [4.78, 5) is 3.20. The third kappa shape index (κ3) is 2.43. The summed E-state index contributed by atoms with van der Waals surface area (Å²) in [6.07, 6.45) is 2.05. The molecule has 1 atom stereocenters.